The minimum Gasteiger partial charge on any atom is -0.204 e. The van der Waals surface area contributed by atoms with E-state index in [0.29, 0.717) is 17.5 Å². The zero-order chi connectivity index (χ0) is 14.1. The lowest BCUT2D eigenvalue weighted by molar-refractivity contribution is 0.495. The van der Waals surface area contributed by atoms with Crippen LogP contribution in [0.15, 0.2) is 36.4 Å². The van der Waals surface area contributed by atoms with Gasteiger partial charge >= 0.3 is 0 Å². The predicted octanol–water partition coefficient (Wildman–Crippen LogP) is 4.54. The largest absolute Gasteiger partial charge is 0.204 e. The fraction of sp³-hybridized carbons (Fsp3) is 0.250. The van der Waals surface area contributed by atoms with Gasteiger partial charge in [-0.3, -0.25) is 0 Å². The smallest absolute Gasteiger partial charge is 0.162 e. The van der Waals surface area contributed by atoms with E-state index in [-0.39, 0.29) is 6.42 Å². The number of rotatable bonds is 0. The van der Waals surface area contributed by atoms with Gasteiger partial charge in [-0.15, -0.1) is 23.2 Å². The molecule has 2 aliphatic carbocycles. The van der Waals surface area contributed by atoms with Crippen molar-refractivity contribution in [1.82, 2.24) is 0 Å². The molecule has 102 valence electrons. The Hall–Kier alpha value is -1.12. The summed E-state index contributed by atoms with van der Waals surface area (Å²) in [5.41, 5.74) is 2.89. The van der Waals surface area contributed by atoms with Crippen LogP contribution in [0.25, 0.3) is 0 Å². The number of hydrogen-bond donors (Lipinski definition) is 0. The SMILES string of the molecule is Fc1ccc2c(c1F)CC1(Cl)Cc3ccccc3C21Cl. The molecule has 2 unspecified atom stereocenters. The number of fused-ring (bicyclic) bond motifs is 5. The molecule has 20 heavy (non-hydrogen) atoms. The summed E-state index contributed by atoms with van der Waals surface area (Å²) in [6.45, 7) is 0. The second kappa shape index (κ2) is 3.75. The summed E-state index contributed by atoms with van der Waals surface area (Å²) in [5.74, 6) is -1.67. The predicted molar refractivity (Wildman–Crippen MR) is 75.4 cm³/mol. The molecular formula is C16H10Cl2F2. The van der Waals surface area contributed by atoms with Crippen LogP contribution in [0.3, 0.4) is 0 Å². The van der Waals surface area contributed by atoms with Gasteiger partial charge in [-0.05, 0) is 41.2 Å². The third-order valence-corrected chi connectivity index (χ3v) is 5.92. The van der Waals surface area contributed by atoms with E-state index in [0.717, 1.165) is 17.2 Å². The molecule has 0 saturated carbocycles. The fourth-order valence-corrected chi connectivity index (χ4v) is 4.59. The fourth-order valence-electron chi connectivity index (χ4n) is 3.61. The molecule has 0 N–H and O–H groups in total. The van der Waals surface area contributed by atoms with Gasteiger partial charge in [0.25, 0.3) is 0 Å². The Labute approximate surface area is 125 Å². The first kappa shape index (κ1) is 12.6. The number of halogens is 4. The van der Waals surface area contributed by atoms with E-state index in [2.05, 4.69) is 0 Å². The van der Waals surface area contributed by atoms with E-state index in [1.807, 2.05) is 24.3 Å². The summed E-state index contributed by atoms with van der Waals surface area (Å²) >= 11 is 13.6. The van der Waals surface area contributed by atoms with Crippen molar-refractivity contribution < 1.29 is 8.78 Å². The van der Waals surface area contributed by atoms with Crippen molar-refractivity contribution in [1.29, 1.82) is 0 Å². The zero-order valence-corrected chi connectivity index (χ0v) is 11.9. The van der Waals surface area contributed by atoms with Crippen LogP contribution < -0.4 is 0 Å². The van der Waals surface area contributed by atoms with Crippen LogP contribution in [-0.2, 0) is 17.7 Å². The average molecular weight is 311 g/mol. The molecule has 4 rings (SSSR count). The molecule has 0 saturated heterocycles. The lowest BCUT2D eigenvalue weighted by Gasteiger charge is -2.31. The Morgan fingerprint density at radius 3 is 2.45 bits per heavy atom. The van der Waals surface area contributed by atoms with E-state index in [9.17, 15) is 8.78 Å². The molecule has 0 aliphatic heterocycles. The Balaban J connectivity index is 2.06. The van der Waals surface area contributed by atoms with Crippen molar-refractivity contribution in [2.45, 2.75) is 22.6 Å². The Morgan fingerprint density at radius 2 is 1.65 bits per heavy atom. The number of hydrogen-bond acceptors (Lipinski definition) is 0. The van der Waals surface area contributed by atoms with Gasteiger partial charge < -0.3 is 0 Å². The van der Waals surface area contributed by atoms with Crippen LogP contribution >= 0.6 is 23.2 Å². The highest BCUT2D eigenvalue weighted by Crippen LogP contribution is 2.62. The van der Waals surface area contributed by atoms with Crippen molar-refractivity contribution >= 4 is 23.2 Å². The summed E-state index contributed by atoms with van der Waals surface area (Å²) < 4.78 is 27.5. The van der Waals surface area contributed by atoms with Crippen molar-refractivity contribution in [3.8, 4) is 0 Å². The third-order valence-electron chi connectivity index (χ3n) is 4.50. The zero-order valence-electron chi connectivity index (χ0n) is 10.4. The van der Waals surface area contributed by atoms with Crippen molar-refractivity contribution in [3.63, 3.8) is 0 Å². The standard InChI is InChI=1S/C16H10Cl2F2/c17-15-7-9-3-1-2-4-11(9)16(15,18)12-5-6-13(19)14(20)10(12)8-15/h1-6H,7-8H2. The molecule has 2 aliphatic rings. The third kappa shape index (κ3) is 1.27. The van der Waals surface area contributed by atoms with Crippen LogP contribution in [0.2, 0.25) is 0 Å². The molecule has 0 radical (unpaired) electrons. The maximum absolute atomic E-state index is 14.0. The maximum atomic E-state index is 14.0. The maximum Gasteiger partial charge on any atom is 0.162 e. The molecule has 0 aromatic heterocycles. The quantitative estimate of drug-likeness (QED) is 0.627. The van der Waals surface area contributed by atoms with Crippen molar-refractivity contribution in [3.05, 3.63) is 70.3 Å². The minimum atomic E-state index is -0.977. The summed E-state index contributed by atoms with van der Waals surface area (Å²) in [4.78, 5) is -1.80. The lowest BCUT2D eigenvalue weighted by Crippen LogP contribution is -2.37. The van der Waals surface area contributed by atoms with E-state index >= 15 is 0 Å². The second-order valence-electron chi connectivity index (χ2n) is 5.52. The topological polar surface area (TPSA) is 0 Å². The van der Waals surface area contributed by atoms with Crippen molar-refractivity contribution in [2.24, 2.45) is 0 Å². The molecule has 2 aromatic carbocycles. The van der Waals surface area contributed by atoms with Crippen LogP contribution in [0, 0.1) is 11.6 Å². The van der Waals surface area contributed by atoms with E-state index in [1.54, 1.807) is 6.07 Å². The van der Waals surface area contributed by atoms with Gasteiger partial charge in [0.15, 0.2) is 11.6 Å². The van der Waals surface area contributed by atoms with E-state index < -0.39 is 21.4 Å². The Kier molecular flexibility index (Phi) is 2.36. The van der Waals surface area contributed by atoms with Crippen LogP contribution in [0.1, 0.15) is 22.3 Å². The molecule has 0 fully saturated rings. The summed E-state index contributed by atoms with van der Waals surface area (Å²) in [7, 11) is 0. The van der Waals surface area contributed by atoms with Crippen LogP contribution in [0.5, 0.6) is 0 Å². The van der Waals surface area contributed by atoms with Gasteiger partial charge in [-0.25, -0.2) is 8.78 Å². The van der Waals surface area contributed by atoms with Crippen LogP contribution in [0.4, 0.5) is 8.78 Å². The normalized spacial score (nSPS) is 30.0. The van der Waals surface area contributed by atoms with Gasteiger partial charge in [-0.2, -0.15) is 0 Å². The van der Waals surface area contributed by atoms with Gasteiger partial charge in [0.1, 0.15) is 4.87 Å². The highest BCUT2D eigenvalue weighted by molar-refractivity contribution is 6.38. The van der Waals surface area contributed by atoms with Crippen molar-refractivity contribution in [2.75, 3.05) is 0 Å². The first-order valence-corrected chi connectivity index (χ1v) is 7.16. The lowest BCUT2D eigenvalue weighted by atomic mass is 9.90. The summed E-state index contributed by atoms with van der Waals surface area (Å²) in [6.07, 6.45) is 0.801. The van der Waals surface area contributed by atoms with Gasteiger partial charge in [-0.1, -0.05) is 30.3 Å². The first-order valence-electron chi connectivity index (χ1n) is 6.41. The molecule has 0 nitrogen and oxygen atoms in total. The molecule has 2 aromatic rings. The Morgan fingerprint density at radius 1 is 0.900 bits per heavy atom. The Bertz CT molecular complexity index is 743. The summed E-state index contributed by atoms with van der Waals surface area (Å²) in [5, 5.41) is 0. The van der Waals surface area contributed by atoms with Crippen LogP contribution in [-0.4, -0.2) is 4.87 Å². The highest BCUT2D eigenvalue weighted by atomic mass is 35.5. The first-order chi connectivity index (χ1) is 9.47. The summed E-state index contributed by atoms with van der Waals surface area (Å²) in [6, 6.07) is 10.4. The average Bonchev–Trinajstić information content (AvgIpc) is 2.78. The second-order valence-corrected chi connectivity index (χ2v) is 6.81. The van der Waals surface area contributed by atoms with Gasteiger partial charge in [0, 0.05) is 0 Å². The molecular weight excluding hydrogens is 301 g/mol. The van der Waals surface area contributed by atoms with E-state index in [1.165, 1.54) is 0 Å². The molecule has 0 bridgehead atoms. The number of benzene rings is 2. The van der Waals surface area contributed by atoms with Gasteiger partial charge in [0.05, 0.1) is 4.87 Å². The molecule has 2 atom stereocenters. The van der Waals surface area contributed by atoms with E-state index in [4.69, 9.17) is 23.2 Å². The minimum absolute atomic E-state index is 0.242. The molecule has 0 heterocycles. The molecule has 4 heteroatoms. The van der Waals surface area contributed by atoms with Gasteiger partial charge in [0.2, 0.25) is 0 Å². The molecule has 0 amide bonds. The highest BCUT2D eigenvalue weighted by Gasteiger charge is 2.62. The number of alkyl halides is 2. The molecule has 0 spiro atoms. The monoisotopic (exact) mass is 310 g/mol.